The highest BCUT2D eigenvalue weighted by molar-refractivity contribution is 5.94. The molecule has 35 heavy (non-hydrogen) atoms. The van der Waals surface area contributed by atoms with Crippen molar-refractivity contribution in [3.05, 3.63) is 101 Å². The van der Waals surface area contributed by atoms with Crippen LogP contribution in [0.4, 0.5) is 13.2 Å². The van der Waals surface area contributed by atoms with Gasteiger partial charge in [0.05, 0.1) is 11.1 Å². The maximum atomic E-state index is 13.0. The minimum Gasteiger partial charge on any atom is -0.348 e. The Hall–Kier alpha value is -4.27. The molecule has 0 unspecified atom stereocenters. The van der Waals surface area contributed by atoms with Crippen LogP contribution in [0.3, 0.4) is 0 Å². The monoisotopic (exact) mass is 475 g/mol. The van der Waals surface area contributed by atoms with Crippen LogP contribution in [0.2, 0.25) is 0 Å². The lowest BCUT2D eigenvalue weighted by atomic mass is 10.0. The molecule has 9 heteroatoms. The number of hydrogen-bond donors (Lipinski definition) is 2. The molecule has 1 aromatic carbocycles. The summed E-state index contributed by atoms with van der Waals surface area (Å²) in [6, 6.07) is 11.5. The van der Waals surface area contributed by atoms with Crippen molar-refractivity contribution in [3.63, 3.8) is 0 Å². The second-order valence-corrected chi connectivity index (χ2v) is 8.36. The van der Waals surface area contributed by atoms with Crippen LogP contribution < -0.4 is 5.32 Å². The Morgan fingerprint density at radius 2 is 1.86 bits per heavy atom. The zero-order valence-electron chi connectivity index (χ0n) is 18.6. The van der Waals surface area contributed by atoms with Crippen molar-refractivity contribution in [3.8, 4) is 0 Å². The fraction of sp³-hybridized carbons (Fsp3) is 0.154. The number of rotatable bonds is 5. The van der Waals surface area contributed by atoms with Crippen LogP contribution in [-0.4, -0.2) is 25.8 Å². The molecule has 0 saturated heterocycles. The van der Waals surface area contributed by atoms with Crippen LogP contribution >= 0.6 is 0 Å². The van der Waals surface area contributed by atoms with E-state index in [1.54, 1.807) is 42.7 Å². The number of nitrogens with zero attached hydrogens (tertiary/aromatic N) is 3. The second-order valence-electron chi connectivity index (χ2n) is 8.36. The maximum Gasteiger partial charge on any atom is 0.417 e. The smallest absolute Gasteiger partial charge is 0.348 e. The molecular weight excluding hydrogens is 455 g/mol. The molecule has 0 atom stereocenters. The van der Waals surface area contributed by atoms with E-state index in [0.717, 1.165) is 40.0 Å². The van der Waals surface area contributed by atoms with E-state index in [2.05, 4.69) is 25.3 Å². The highest BCUT2D eigenvalue weighted by atomic mass is 19.4. The summed E-state index contributed by atoms with van der Waals surface area (Å²) in [5.41, 5.74) is 4.29. The summed E-state index contributed by atoms with van der Waals surface area (Å²) in [5.74, 6) is -0.253. The molecule has 0 aliphatic rings. The Bertz CT molecular complexity index is 1560. The first kappa shape index (κ1) is 22.5. The highest BCUT2D eigenvalue weighted by Crippen LogP contribution is 2.30. The van der Waals surface area contributed by atoms with Gasteiger partial charge in [-0.1, -0.05) is 6.07 Å². The van der Waals surface area contributed by atoms with Crippen molar-refractivity contribution in [2.75, 3.05) is 0 Å². The number of hydrogen-bond acceptors (Lipinski definition) is 4. The van der Waals surface area contributed by atoms with Gasteiger partial charge in [0.15, 0.2) is 0 Å². The molecule has 6 nitrogen and oxygen atoms in total. The molecule has 0 saturated carbocycles. The number of H-pyrrole nitrogens is 1. The third kappa shape index (κ3) is 4.84. The number of alkyl halides is 3. The minimum atomic E-state index is -4.46. The molecule has 0 spiro atoms. The van der Waals surface area contributed by atoms with Gasteiger partial charge in [0.1, 0.15) is 5.65 Å². The molecule has 0 bridgehead atoms. The predicted molar refractivity (Wildman–Crippen MR) is 126 cm³/mol. The van der Waals surface area contributed by atoms with Gasteiger partial charge in [-0.05, 0) is 60.0 Å². The van der Waals surface area contributed by atoms with Crippen molar-refractivity contribution < 1.29 is 18.0 Å². The third-order valence-electron chi connectivity index (χ3n) is 5.78. The maximum absolute atomic E-state index is 13.0. The normalized spacial score (nSPS) is 11.8. The van der Waals surface area contributed by atoms with Crippen LogP contribution in [0, 0.1) is 6.92 Å². The number of halogens is 3. The number of pyridine rings is 3. The Balaban J connectivity index is 1.30. The average molecular weight is 475 g/mol. The number of aryl methyl sites for hydroxylation is 1. The quantitative estimate of drug-likeness (QED) is 0.359. The van der Waals surface area contributed by atoms with E-state index in [-0.39, 0.29) is 5.91 Å². The van der Waals surface area contributed by atoms with E-state index in [1.807, 2.05) is 19.2 Å². The molecule has 1 amide bonds. The van der Waals surface area contributed by atoms with Crippen LogP contribution in [0.1, 0.15) is 38.3 Å². The number of benzene rings is 1. The third-order valence-corrected chi connectivity index (χ3v) is 5.78. The van der Waals surface area contributed by atoms with Gasteiger partial charge in [0.25, 0.3) is 5.91 Å². The van der Waals surface area contributed by atoms with E-state index >= 15 is 0 Å². The van der Waals surface area contributed by atoms with Crippen molar-refractivity contribution in [1.29, 1.82) is 0 Å². The predicted octanol–water partition coefficient (Wildman–Crippen LogP) is 5.35. The largest absolute Gasteiger partial charge is 0.417 e. The molecule has 0 aliphatic carbocycles. The summed E-state index contributed by atoms with van der Waals surface area (Å²) in [4.78, 5) is 28.4. The van der Waals surface area contributed by atoms with E-state index < -0.39 is 11.7 Å². The fourth-order valence-electron chi connectivity index (χ4n) is 3.93. The van der Waals surface area contributed by atoms with Crippen molar-refractivity contribution in [1.82, 2.24) is 25.3 Å². The Morgan fingerprint density at radius 1 is 1.00 bits per heavy atom. The molecule has 4 aromatic heterocycles. The number of carbonyl (C=O) groups is 1. The molecular formula is C26H20F3N5O. The van der Waals surface area contributed by atoms with Crippen LogP contribution in [0.15, 0.2) is 67.3 Å². The van der Waals surface area contributed by atoms with Crippen LogP contribution in [0.5, 0.6) is 0 Å². The Labute approximate surface area is 198 Å². The van der Waals surface area contributed by atoms with Gasteiger partial charge in [-0.3, -0.25) is 14.8 Å². The van der Waals surface area contributed by atoms with Gasteiger partial charge in [-0.25, -0.2) is 4.98 Å². The van der Waals surface area contributed by atoms with Crippen molar-refractivity contribution >= 4 is 27.8 Å². The lowest BCUT2D eigenvalue weighted by molar-refractivity contribution is -0.137. The minimum absolute atomic E-state index is 0.253. The van der Waals surface area contributed by atoms with E-state index in [9.17, 15) is 18.0 Å². The van der Waals surface area contributed by atoms with E-state index in [4.69, 9.17) is 0 Å². The number of carbonyl (C=O) groups excluding carboxylic acids is 1. The second kappa shape index (κ2) is 8.83. The number of aromatic nitrogens is 4. The first-order valence-corrected chi connectivity index (χ1v) is 10.9. The highest BCUT2D eigenvalue weighted by Gasteiger charge is 2.31. The van der Waals surface area contributed by atoms with Gasteiger partial charge in [0.2, 0.25) is 0 Å². The Kier molecular flexibility index (Phi) is 5.68. The number of amides is 1. The summed E-state index contributed by atoms with van der Waals surface area (Å²) >= 11 is 0. The molecule has 2 N–H and O–H groups in total. The lowest BCUT2D eigenvalue weighted by Gasteiger charge is -2.09. The lowest BCUT2D eigenvalue weighted by Crippen LogP contribution is -2.23. The molecule has 0 radical (unpaired) electrons. The number of aromatic amines is 1. The van der Waals surface area contributed by atoms with Gasteiger partial charge in [-0.15, -0.1) is 0 Å². The van der Waals surface area contributed by atoms with Crippen molar-refractivity contribution in [2.24, 2.45) is 0 Å². The summed E-state index contributed by atoms with van der Waals surface area (Å²) in [6.45, 7) is 2.31. The first-order valence-electron chi connectivity index (χ1n) is 10.9. The van der Waals surface area contributed by atoms with E-state index in [1.165, 1.54) is 0 Å². The van der Waals surface area contributed by atoms with Crippen LogP contribution in [-0.2, 0) is 19.1 Å². The molecule has 0 aliphatic heterocycles. The first-order chi connectivity index (χ1) is 16.8. The average Bonchev–Trinajstić information content (AvgIpc) is 3.21. The molecule has 176 valence electrons. The molecule has 4 heterocycles. The van der Waals surface area contributed by atoms with Gasteiger partial charge >= 0.3 is 6.18 Å². The Morgan fingerprint density at radius 3 is 2.69 bits per heavy atom. The topological polar surface area (TPSA) is 83.6 Å². The summed E-state index contributed by atoms with van der Waals surface area (Å²) in [7, 11) is 0. The summed E-state index contributed by atoms with van der Waals surface area (Å²) in [6.07, 6.45) is 1.89. The van der Waals surface area contributed by atoms with Gasteiger partial charge in [0, 0.05) is 59.8 Å². The van der Waals surface area contributed by atoms with Gasteiger partial charge in [-0.2, -0.15) is 13.2 Å². The zero-order valence-corrected chi connectivity index (χ0v) is 18.6. The zero-order chi connectivity index (χ0) is 24.6. The number of fused-ring (bicyclic) bond motifs is 2. The van der Waals surface area contributed by atoms with Gasteiger partial charge < -0.3 is 10.3 Å². The van der Waals surface area contributed by atoms with Crippen LogP contribution in [0.25, 0.3) is 21.9 Å². The summed E-state index contributed by atoms with van der Waals surface area (Å²) < 4.78 is 39.1. The SMILES string of the molecule is Cc1c[nH]c2ncc(CNC(=O)c3ccnc(Cc4ccc5ncc(C(F)(F)F)cc5c4)c3)cc12. The fourth-order valence-corrected chi connectivity index (χ4v) is 3.93. The molecule has 5 rings (SSSR count). The standard InChI is InChI=1S/C26H20F3N5O/c1-15-11-32-24-22(15)8-17(12-33-24)13-34-25(35)18-4-5-30-21(10-18)7-16-2-3-23-19(6-16)9-20(14-31-23)26(27,28)29/h2-6,8-12,14H,7,13H2,1H3,(H,32,33)(H,34,35). The number of nitrogens with one attached hydrogen (secondary N) is 2. The van der Waals surface area contributed by atoms with E-state index in [0.29, 0.717) is 35.1 Å². The van der Waals surface area contributed by atoms with Crippen molar-refractivity contribution in [2.45, 2.75) is 26.1 Å². The molecule has 0 fully saturated rings. The summed E-state index contributed by atoms with van der Waals surface area (Å²) in [5, 5.41) is 4.30. The molecule has 5 aromatic rings.